The molecule has 85 heavy (non-hydrogen) atoms. The summed E-state index contributed by atoms with van der Waals surface area (Å²) in [6, 6.07) is 60.1. The van der Waals surface area contributed by atoms with Crippen molar-refractivity contribution in [3.8, 4) is 28.7 Å². The lowest BCUT2D eigenvalue weighted by Crippen LogP contribution is -2.17. The lowest BCUT2D eigenvalue weighted by Gasteiger charge is -2.11. The fourth-order valence-corrected chi connectivity index (χ4v) is 7.52. The Morgan fingerprint density at radius 1 is 0.494 bits per heavy atom. The smallest absolute Gasteiger partial charge is 0.302 e. The molecule has 0 bridgehead atoms. The van der Waals surface area contributed by atoms with E-state index in [0.29, 0.717) is 0 Å². The Morgan fingerprint density at radius 3 is 1.29 bits per heavy atom. The summed E-state index contributed by atoms with van der Waals surface area (Å²) < 4.78 is 6.19. The first-order valence-electron chi connectivity index (χ1n) is 29.1. The highest BCUT2D eigenvalue weighted by Gasteiger charge is 2.08. The summed E-state index contributed by atoms with van der Waals surface area (Å²) >= 11 is 0. The van der Waals surface area contributed by atoms with Gasteiger partial charge in [-0.25, -0.2) is 4.98 Å². The van der Waals surface area contributed by atoms with E-state index in [1.54, 1.807) is 20.3 Å². The second-order valence-corrected chi connectivity index (χ2v) is 20.7. The van der Waals surface area contributed by atoms with Crippen LogP contribution in [0.4, 0.5) is 5.69 Å². The van der Waals surface area contributed by atoms with Crippen molar-refractivity contribution in [1.29, 1.82) is 0 Å². The second kappa shape index (κ2) is 42.0. The van der Waals surface area contributed by atoms with Crippen LogP contribution in [0.1, 0.15) is 113 Å². The van der Waals surface area contributed by atoms with Crippen LogP contribution in [0.15, 0.2) is 188 Å². The number of benzene rings is 8. The summed E-state index contributed by atoms with van der Waals surface area (Å²) in [5, 5.41) is 15.6. The summed E-state index contributed by atoms with van der Waals surface area (Å²) in [6.45, 7) is 31.6. The molecular formula is C76H98N6O3. The fourth-order valence-electron chi connectivity index (χ4n) is 7.52. The number of amides is 1. The standard InChI is InChI=1S/C20H16.C14H14.C11H12N2.C8H11N.C6H8N2.C4H9NO.C4H6.C3H6O2.2C3H8/c1-13-7-9-17-18-10-8-14(2)12-20(18)16-6-4-3-5-15(16)19(17)11-13;1-11-6-8-13(9-7-11)14-5-3-4-12(2)10-14;1-9-4-3-5-11(8-9)13-7-6-12-10(13)2;1-9(2)8-6-4-3-5-7-8;1-5-3-6(2)8-7-4-5;1-4(6)5(2)3;1-3-4-2;1-3(4)5-2;2*1-3-2/h3-12H,1-2H3;3-10H,1-2H3;3-8H,1-2H3;3-7H,1-2H3;3-4H,1-2H3;1-3H3;1-2H3;1-2H3;2*3H2,1-2H3. The normalized spacial score (nSPS) is 9.33. The van der Waals surface area contributed by atoms with Crippen LogP contribution in [0, 0.1) is 67.2 Å². The SMILES string of the molecule is CC#CC.CC(=O)N(C)C.CCC.CCC.CN(C)c1ccccc1.COC(C)=O.Cc1ccc(-c2cccc(C)c2)cc1.Cc1ccc2c3ccc(C)cc3c3ccccc3c2c1.Cc1cccc(-n2ccnc2C)c1.Cc1cnnc(C)c1. The first-order valence-corrected chi connectivity index (χ1v) is 29.1. The Labute approximate surface area is 512 Å². The molecule has 2 aromatic heterocycles. The van der Waals surface area contributed by atoms with Gasteiger partial charge in [0, 0.05) is 65.8 Å². The number of anilines is 1. The summed E-state index contributed by atoms with van der Waals surface area (Å²) in [7, 11) is 8.87. The molecule has 0 aliphatic heterocycles. The van der Waals surface area contributed by atoms with Crippen molar-refractivity contribution in [2.75, 3.05) is 40.2 Å². The summed E-state index contributed by atoms with van der Waals surface area (Å²) in [4.78, 5) is 27.5. The number of nitrogens with zero attached hydrogens (tertiary/aromatic N) is 6. The molecule has 0 saturated carbocycles. The number of methoxy groups -OCH3 is 1. The number of carbonyl (C=O) groups excluding carboxylic acids is 2. The fraction of sp³-hybridized carbons (Fsp3) is 0.303. The number of hydrogen-bond acceptors (Lipinski definition) is 7. The van der Waals surface area contributed by atoms with Crippen molar-refractivity contribution < 1.29 is 14.3 Å². The van der Waals surface area contributed by atoms with Crippen molar-refractivity contribution in [3.63, 3.8) is 0 Å². The van der Waals surface area contributed by atoms with Crippen LogP contribution in [-0.4, -0.2) is 71.8 Å². The monoisotopic (exact) mass is 1140 g/mol. The van der Waals surface area contributed by atoms with Gasteiger partial charge in [-0.1, -0.05) is 202 Å². The largest absolute Gasteiger partial charge is 0.469 e. The number of hydrogen-bond donors (Lipinski definition) is 0. The average Bonchev–Trinajstić information content (AvgIpc) is 1.59. The van der Waals surface area contributed by atoms with E-state index in [-0.39, 0.29) is 11.9 Å². The predicted molar refractivity (Wildman–Crippen MR) is 368 cm³/mol. The van der Waals surface area contributed by atoms with Gasteiger partial charge in [0.15, 0.2) is 0 Å². The van der Waals surface area contributed by atoms with Gasteiger partial charge in [-0.15, -0.1) is 11.8 Å². The number of fused-ring (bicyclic) bond motifs is 6. The minimum Gasteiger partial charge on any atom is -0.469 e. The third-order valence-corrected chi connectivity index (χ3v) is 12.0. The number of aryl methyl sites for hydroxylation is 8. The average molecular weight is 1140 g/mol. The van der Waals surface area contributed by atoms with E-state index in [2.05, 4.69) is 249 Å². The number of para-hydroxylation sites is 1. The topological polar surface area (TPSA) is 93.5 Å². The molecule has 10 aromatic rings. The highest BCUT2D eigenvalue weighted by molar-refractivity contribution is 6.25. The maximum absolute atomic E-state index is 10.1. The molecule has 0 spiro atoms. The van der Waals surface area contributed by atoms with Crippen molar-refractivity contribution in [1.82, 2.24) is 24.6 Å². The van der Waals surface area contributed by atoms with Gasteiger partial charge in [-0.3, -0.25) is 9.59 Å². The van der Waals surface area contributed by atoms with Crippen LogP contribution in [-0.2, 0) is 14.3 Å². The first-order chi connectivity index (χ1) is 40.5. The summed E-state index contributed by atoms with van der Waals surface area (Å²) in [6.07, 6.45) is 8.04. The van der Waals surface area contributed by atoms with Gasteiger partial charge in [0.05, 0.1) is 19.0 Å². The molecule has 0 aliphatic carbocycles. The van der Waals surface area contributed by atoms with Crippen LogP contribution in [0.5, 0.6) is 0 Å². The van der Waals surface area contributed by atoms with Gasteiger partial charge < -0.3 is 19.1 Å². The van der Waals surface area contributed by atoms with Gasteiger partial charge in [0.2, 0.25) is 5.91 Å². The van der Waals surface area contributed by atoms with E-state index < -0.39 is 0 Å². The molecule has 0 aliphatic rings. The van der Waals surface area contributed by atoms with Crippen LogP contribution in [0.25, 0.3) is 49.1 Å². The minimum absolute atomic E-state index is 0.0926. The van der Waals surface area contributed by atoms with Crippen molar-refractivity contribution in [3.05, 3.63) is 233 Å². The number of rotatable bonds is 3. The lowest BCUT2D eigenvalue weighted by atomic mass is 9.93. The van der Waals surface area contributed by atoms with E-state index in [9.17, 15) is 9.59 Å². The molecule has 1 amide bonds. The zero-order valence-electron chi connectivity index (χ0n) is 55.2. The van der Waals surface area contributed by atoms with E-state index in [0.717, 1.165) is 17.1 Å². The van der Waals surface area contributed by atoms with E-state index in [4.69, 9.17) is 0 Å². The lowest BCUT2D eigenvalue weighted by molar-refractivity contribution is -0.138. The van der Waals surface area contributed by atoms with Gasteiger partial charge in [-0.2, -0.15) is 10.2 Å². The van der Waals surface area contributed by atoms with Crippen LogP contribution in [0.2, 0.25) is 0 Å². The minimum atomic E-state index is -0.245. The van der Waals surface area contributed by atoms with Crippen molar-refractivity contribution in [2.45, 2.75) is 124 Å². The number of carbonyl (C=O) groups is 2. The molecule has 10 rings (SSSR count). The van der Waals surface area contributed by atoms with E-state index >= 15 is 0 Å². The summed E-state index contributed by atoms with van der Waals surface area (Å²) in [5.41, 5.74) is 13.7. The Kier molecular flexibility index (Phi) is 36.6. The van der Waals surface area contributed by atoms with Crippen molar-refractivity contribution >= 4 is 49.9 Å². The summed E-state index contributed by atoms with van der Waals surface area (Å²) in [5.74, 6) is 6.23. The molecule has 0 radical (unpaired) electrons. The zero-order valence-corrected chi connectivity index (χ0v) is 55.2. The number of imidazole rings is 1. The molecule has 9 heteroatoms. The van der Waals surface area contributed by atoms with Crippen LogP contribution < -0.4 is 4.90 Å². The van der Waals surface area contributed by atoms with Gasteiger partial charge in [-0.05, 0) is 154 Å². The van der Waals surface area contributed by atoms with Gasteiger partial charge in [0.25, 0.3) is 0 Å². The van der Waals surface area contributed by atoms with Gasteiger partial charge in [0.1, 0.15) is 5.82 Å². The highest BCUT2D eigenvalue weighted by Crippen LogP contribution is 2.35. The third kappa shape index (κ3) is 29.3. The molecule has 0 unspecified atom stereocenters. The molecule has 0 atom stereocenters. The molecule has 450 valence electrons. The molecule has 0 fully saturated rings. The Bertz CT molecular complexity index is 3430. The van der Waals surface area contributed by atoms with Crippen molar-refractivity contribution in [2.24, 2.45) is 0 Å². The predicted octanol–water partition coefficient (Wildman–Crippen LogP) is 19.2. The third-order valence-electron chi connectivity index (χ3n) is 12.0. The molecule has 2 heterocycles. The second-order valence-electron chi connectivity index (χ2n) is 20.7. The number of esters is 1. The number of ether oxygens (including phenoxy) is 1. The van der Waals surface area contributed by atoms with Crippen LogP contribution >= 0.6 is 0 Å². The van der Waals surface area contributed by atoms with E-state index in [1.165, 1.54) is 121 Å². The molecule has 0 saturated heterocycles. The first kappa shape index (κ1) is 74.1. The maximum atomic E-state index is 10.1. The Balaban J connectivity index is 0.000000502. The highest BCUT2D eigenvalue weighted by atomic mass is 16.5. The molecule has 9 nitrogen and oxygen atoms in total. The number of aromatic nitrogens is 4. The van der Waals surface area contributed by atoms with Crippen LogP contribution in [0.3, 0.4) is 0 Å². The Morgan fingerprint density at radius 2 is 0.929 bits per heavy atom. The molecule has 8 aromatic carbocycles. The van der Waals surface area contributed by atoms with Gasteiger partial charge >= 0.3 is 5.97 Å². The zero-order chi connectivity index (χ0) is 63.9. The van der Waals surface area contributed by atoms with E-state index in [1.807, 2.05) is 85.4 Å². The maximum Gasteiger partial charge on any atom is 0.302 e. The molecular weight excluding hydrogens is 1040 g/mol. The quantitative estimate of drug-likeness (QED) is 0.0988. The molecule has 0 N–H and O–H groups in total. The Hall–Kier alpha value is -8.87.